The molecule has 0 heterocycles. The zero-order chi connectivity index (χ0) is 19.4. The Morgan fingerprint density at radius 3 is 1.62 bits per heavy atom. The Balaban J connectivity index is 4.58. The highest BCUT2D eigenvalue weighted by Gasteiger charge is 2.36. The van der Waals surface area contributed by atoms with Crippen LogP contribution in [0.1, 0.15) is 0 Å². The van der Waals surface area contributed by atoms with Crippen LogP contribution in [0.4, 0.5) is 0 Å². The van der Waals surface area contributed by atoms with Gasteiger partial charge in [-0.3, -0.25) is 0 Å². The molecule has 0 saturated heterocycles. The highest BCUT2D eigenvalue weighted by Crippen LogP contribution is 2.23. The standard InChI is InChI=1S/C14H43O3Si7/c1-19(13-22(6,7)12-18)15-23(8,9)14-20(2)16-24(10,11)17-21(3,4)5/h19-20H,12-14,18H2,1-11H3. The first-order chi connectivity index (χ1) is 10.5. The average Bonchev–Trinajstić information content (AvgIpc) is 2.20. The second kappa shape index (κ2) is 9.55. The summed E-state index contributed by atoms with van der Waals surface area (Å²) in [5.41, 5.74) is 4.03. The molecule has 24 heavy (non-hydrogen) atoms. The van der Waals surface area contributed by atoms with Crippen LogP contribution < -0.4 is 0 Å². The summed E-state index contributed by atoms with van der Waals surface area (Å²) in [5, 5.41) is 0. The number of hydrogen-bond acceptors (Lipinski definition) is 3. The SMILES string of the molecule is C[SiH](C[Si](C)(C)C[SiH2])O[Si](C)(C)C[SiH](C)O[Si](C)(C)O[Si](C)(C)C. The predicted molar refractivity (Wildman–Crippen MR) is 128 cm³/mol. The lowest BCUT2D eigenvalue weighted by atomic mass is 11.7. The van der Waals surface area contributed by atoms with Crippen LogP contribution in [0.15, 0.2) is 0 Å². The van der Waals surface area contributed by atoms with Crippen LogP contribution in [0.5, 0.6) is 0 Å². The Kier molecular flexibility index (Phi) is 10.1. The topological polar surface area (TPSA) is 27.7 Å². The molecule has 0 aromatic carbocycles. The van der Waals surface area contributed by atoms with Gasteiger partial charge in [-0.2, -0.15) is 0 Å². The van der Waals surface area contributed by atoms with E-state index in [9.17, 15) is 0 Å². The fourth-order valence-electron chi connectivity index (χ4n) is 3.49. The third-order valence-corrected chi connectivity index (χ3v) is 34.7. The normalized spacial score (nSPS) is 17.0. The van der Waals surface area contributed by atoms with Gasteiger partial charge in [0.25, 0.3) is 0 Å². The largest absolute Gasteiger partial charge is 0.458 e. The number of hydrogen-bond donors (Lipinski definition) is 0. The van der Waals surface area contributed by atoms with Gasteiger partial charge in [-0.15, -0.1) is 0 Å². The molecule has 10 heteroatoms. The van der Waals surface area contributed by atoms with Crippen molar-refractivity contribution in [1.82, 2.24) is 0 Å². The maximum absolute atomic E-state index is 6.72. The van der Waals surface area contributed by atoms with E-state index < -0.39 is 51.4 Å². The van der Waals surface area contributed by atoms with Crippen molar-refractivity contribution < 1.29 is 12.3 Å². The first-order valence-corrected chi connectivity index (χ1v) is 28.0. The molecule has 0 aliphatic heterocycles. The van der Waals surface area contributed by atoms with E-state index >= 15 is 0 Å². The Morgan fingerprint density at radius 2 is 1.21 bits per heavy atom. The molecular formula is C14H43O3Si7. The van der Waals surface area contributed by atoms with E-state index in [0.717, 1.165) is 0 Å². The Morgan fingerprint density at radius 1 is 0.750 bits per heavy atom. The van der Waals surface area contributed by atoms with Gasteiger partial charge in [0.15, 0.2) is 34.7 Å². The minimum atomic E-state index is -1.98. The molecule has 145 valence electrons. The molecule has 0 rings (SSSR count). The van der Waals surface area contributed by atoms with E-state index in [1.54, 1.807) is 0 Å². The fraction of sp³-hybridized carbons (Fsp3) is 1.00. The molecule has 0 bridgehead atoms. The summed E-state index contributed by atoms with van der Waals surface area (Å²) in [5.74, 6) is 0. The second-order valence-corrected chi connectivity index (χ2v) is 36.1. The van der Waals surface area contributed by atoms with Gasteiger partial charge in [-0.05, 0) is 70.3 Å². The molecule has 0 saturated carbocycles. The number of rotatable bonds is 11. The zero-order valence-corrected chi connectivity index (χ0v) is 25.9. The van der Waals surface area contributed by atoms with E-state index in [4.69, 9.17) is 12.3 Å². The summed E-state index contributed by atoms with van der Waals surface area (Å²) in [6.45, 7) is 25.8. The first kappa shape index (κ1) is 25.4. The Labute approximate surface area is 162 Å². The van der Waals surface area contributed by atoms with Gasteiger partial charge in [-0.1, -0.05) is 18.8 Å². The lowest BCUT2D eigenvalue weighted by molar-refractivity contribution is 0.403. The van der Waals surface area contributed by atoms with Crippen LogP contribution >= 0.6 is 0 Å². The maximum Gasteiger partial charge on any atom is 0.310 e. The highest BCUT2D eigenvalue weighted by molar-refractivity contribution is 6.94. The van der Waals surface area contributed by atoms with E-state index in [2.05, 4.69) is 82.3 Å². The minimum absolute atomic E-state index is 1.00. The molecule has 0 aromatic heterocycles. The van der Waals surface area contributed by atoms with Crippen molar-refractivity contribution >= 4 is 61.6 Å². The summed E-state index contributed by atoms with van der Waals surface area (Å²) in [7, 11) is -6.22. The van der Waals surface area contributed by atoms with Crippen LogP contribution in [0.2, 0.25) is 89.0 Å². The summed E-state index contributed by atoms with van der Waals surface area (Å²) in [6.07, 6.45) is 0. The van der Waals surface area contributed by atoms with E-state index in [1.807, 2.05) is 0 Å². The van der Waals surface area contributed by atoms with Gasteiger partial charge in [0, 0.05) is 18.3 Å². The van der Waals surface area contributed by atoms with Crippen LogP contribution in [0.3, 0.4) is 0 Å². The molecule has 3 nitrogen and oxygen atoms in total. The Bertz CT molecular complexity index is 383. The smallest absolute Gasteiger partial charge is 0.310 e. The van der Waals surface area contributed by atoms with Crippen molar-refractivity contribution in [2.24, 2.45) is 0 Å². The summed E-state index contributed by atoms with van der Waals surface area (Å²) in [4.78, 5) is 0. The van der Waals surface area contributed by atoms with Crippen molar-refractivity contribution in [2.45, 2.75) is 89.0 Å². The molecule has 0 N–H and O–H groups in total. The third kappa shape index (κ3) is 12.7. The van der Waals surface area contributed by atoms with Crippen molar-refractivity contribution in [3.05, 3.63) is 0 Å². The van der Waals surface area contributed by atoms with Crippen molar-refractivity contribution in [3.63, 3.8) is 0 Å². The molecule has 0 fully saturated rings. The third-order valence-electron chi connectivity index (χ3n) is 3.85. The molecule has 0 spiro atoms. The summed E-state index contributed by atoms with van der Waals surface area (Å²) < 4.78 is 19.6. The second-order valence-electron chi connectivity index (χ2n) is 10.1. The maximum atomic E-state index is 6.72. The van der Waals surface area contributed by atoms with Crippen molar-refractivity contribution in [3.8, 4) is 0 Å². The van der Waals surface area contributed by atoms with Gasteiger partial charge in [0.05, 0.1) is 0 Å². The van der Waals surface area contributed by atoms with Gasteiger partial charge in [0.1, 0.15) is 0 Å². The van der Waals surface area contributed by atoms with E-state index in [1.165, 1.54) is 17.0 Å². The summed E-state index contributed by atoms with van der Waals surface area (Å²) >= 11 is 0. The molecular weight excluding hydrogens is 413 g/mol. The molecule has 0 aliphatic carbocycles. The highest BCUT2D eigenvalue weighted by atomic mass is 28.5. The lowest BCUT2D eigenvalue weighted by Crippen LogP contribution is -2.50. The Hall–Kier alpha value is 1.40. The molecule has 1 radical (unpaired) electrons. The van der Waals surface area contributed by atoms with Gasteiger partial charge in [-0.25, -0.2) is 0 Å². The molecule has 0 aliphatic rings. The predicted octanol–water partition coefficient (Wildman–Crippen LogP) is 3.86. The quantitative estimate of drug-likeness (QED) is 0.443. The van der Waals surface area contributed by atoms with Crippen LogP contribution in [0.25, 0.3) is 0 Å². The van der Waals surface area contributed by atoms with Crippen LogP contribution in [-0.4, -0.2) is 61.6 Å². The average molecular weight is 456 g/mol. The van der Waals surface area contributed by atoms with Crippen molar-refractivity contribution in [2.75, 3.05) is 0 Å². The van der Waals surface area contributed by atoms with Crippen LogP contribution in [-0.2, 0) is 12.3 Å². The van der Waals surface area contributed by atoms with Gasteiger partial charge < -0.3 is 12.3 Å². The van der Waals surface area contributed by atoms with Crippen LogP contribution in [0, 0.1) is 0 Å². The fourth-order valence-corrected chi connectivity index (χ4v) is 36.1. The first-order valence-electron chi connectivity index (χ1n) is 9.32. The minimum Gasteiger partial charge on any atom is -0.458 e. The van der Waals surface area contributed by atoms with Gasteiger partial charge in [0.2, 0.25) is 0 Å². The molecule has 2 unspecified atom stereocenters. The molecule has 2 atom stereocenters. The van der Waals surface area contributed by atoms with E-state index in [-0.39, 0.29) is 0 Å². The monoisotopic (exact) mass is 455 g/mol. The zero-order valence-electron chi connectivity index (χ0n) is 18.2. The lowest BCUT2D eigenvalue weighted by Gasteiger charge is -2.36. The van der Waals surface area contributed by atoms with Crippen molar-refractivity contribution in [1.29, 1.82) is 0 Å². The molecule has 0 aromatic rings. The van der Waals surface area contributed by atoms with Gasteiger partial charge >= 0.3 is 8.56 Å². The molecule has 0 amide bonds. The van der Waals surface area contributed by atoms with E-state index in [0.29, 0.717) is 0 Å². The summed E-state index contributed by atoms with van der Waals surface area (Å²) in [6, 6.07) is 0.